The molecule has 7 heteroatoms. The molecule has 0 N–H and O–H groups in total. The molecule has 1 saturated heterocycles. The zero-order chi connectivity index (χ0) is 21.8. The van der Waals surface area contributed by atoms with E-state index in [0.717, 1.165) is 24.1 Å². The third-order valence-electron chi connectivity index (χ3n) is 5.28. The van der Waals surface area contributed by atoms with Gasteiger partial charge >= 0.3 is 0 Å². The number of piperazine rings is 1. The SMILES string of the molecule is Cc1cccc(CN2CCN(C(=O)c3ccc(COc4ccc(Br)cc4Cl)o3)CC2)c1. The van der Waals surface area contributed by atoms with Gasteiger partial charge in [-0.15, -0.1) is 0 Å². The summed E-state index contributed by atoms with van der Waals surface area (Å²) >= 11 is 9.54. The molecule has 2 aromatic carbocycles. The first-order valence-corrected chi connectivity index (χ1v) is 11.4. The van der Waals surface area contributed by atoms with E-state index in [2.05, 4.69) is 52.0 Å². The van der Waals surface area contributed by atoms with E-state index in [1.165, 1.54) is 11.1 Å². The smallest absolute Gasteiger partial charge is 0.289 e. The average molecular weight is 504 g/mol. The van der Waals surface area contributed by atoms with Gasteiger partial charge in [0.05, 0.1) is 5.02 Å². The predicted octanol–water partition coefficient (Wildman–Crippen LogP) is 5.54. The van der Waals surface area contributed by atoms with Crippen LogP contribution in [0.2, 0.25) is 5.02 Å². The van der Waals surface area contributed by atoms with E-state index in [1.54, 1.807) is 24.3 Å². The molecule has 0 bridgehead atoms. The van der Waals surface area contributed by atoms with Crippen molar-refractivity contribution in [1.82, 2.24) is 9.80 Å². The van der Waals surface area contributed by atoms with Gasteiger partial charge in [0.1, 0.15) is 18.1 Å². The number of furan rings is 1. The van der Waals surface area contributed by atoms with Crippen molar-refractivity contribution in [3.05, 3.63) is 86.7 Å². The molecule has 3 aromatic rings. The van der Waals surface area contributed by atoms with E-state index < -0.39 is 0 Å². The van der Waals surface area contributed by atoms with E-state index in [-0.39, 0.29) is 12.5 Å². The molecule has 0 unspecified atom stereocenters. The molecule has 4 rings (SSSR count). The van der Waals surface area contributed by atoms with E-state index in [4.69, 9.17) is 20.8 Å². The Balaban J connectivity index is 1.29. The highest BCUT2D eigenvalue weighted by Crippen LogP contribution is 2.28. The summed E-state index contributed by atoms with van der Waals surface area (Å²) in [6.45, 7) is 6.29. The second kappa shape index (κ2) is 9.90. The molecule has 2 heterocycles. The number of hydrogen-bond acceptors (Lipinski definition) is 4. The van der Waals surface area contributed by atoms with Crippen molar-refractivity contribution < 1.29 is 13.9 Å². The van der Waals surface area contributed by atoms with Crippen LogP contribution in [0.15, 0.2) is 63.5 Å². The molecule has 0 spiro atoms. The first-order chi connectivity index (χ1) is 15.0. The molecule has 1 amide bonds. The number of carbonyl (C=O) groups excluding carboxylic acids is 1. The van der Waals surface area contributed by atoms with Gasteiger partial charge in [-0.05, 0) is 42.8 Å². The van der Waals surface area contributed by atoms with Crippen LogP contribution in [-0.4, -0.2) is 41.9 Å². The molecule has 1 aliphatic heterocycles. The van der Waals surface area contributed by atoms with Crippen molar-refractivity contribution >= 4 is 33.4 Å². The summed E-state index contributed by atoms with van der Waals surface area (Å²) in [5, 5.41) is 0.515. The molecule has 0 atom stereocenters. The monoisotopic (exact) mass is 502 g/mol. The molecule has 1 fully saturated rings. The molecule has 5 nitrogen and oxygen atoms in total. The van der Waals surface area contributed by atoms with Crippen LogP contribution in [0.25, 0.3) is 0 Å². The Morgan fingerprint density at radius 3 is 2.65 bits per heavy atom. The van der Waals surface area contributed by atoms with Crippen molar-refractivity contribution in [2.24, 2.45) is 0 Å². The number of ether oxygens (including phenoxy) is 1. The summed E-state index contributed by atoms with van der Waals surface area (Å²) in [4.78, 5) is 17.1. The van der Waals surface area contributed by atoms with E-state index in [0.29, 0.717) is 35.4 Å². The van der Waals surface area contributed by atoms with E-state index in [1.807, 2.05) is 11.0 Å². The van der Waals surface area contributed by atoms with Crippen LogP contribution in [0.1, 0.15) is 27.4 Å². The average Bonchev–Trinajstić information content (AvgIpc) is 3.22. The van der Waals surface area contributed by atoms with Crippen molar-refractivity contribution in [3.63, 3.8) is 0 Å². The number of halogens is 2. The van der Waals surface area contributed by atoms with Crippen molar-refractivity contribution in [1.29, 1.82) is 0 Å². The minimum atomic E-state index is -0.0804. The van der Waals surface area contributed by atoms with Gasteiger partial charge in [-0.25, -0.2) is 0 Å². The Morgan fingerprint density at radius 1 is 1.10 bits per heavy atom. The number of aryl methyl sites for hydroxylation is 1. The number of nitrogens with zero attached hydrogens (tertiary/aromatic N) is 2. The normalized spacial score (nSPS) is 14.6. The second-order valence-corrected chi connectivity index (χ2v) is 9.01. The number of hydrogen-bond donors (Lipinski definition) is 0. The predicted molar refractivity (Wildman–Crippen MR) is 125 cm³/mol. The standard InChI is InChI=1S/C24H24BrClN2O3/c1-17-3-2-4-18(13-17)15-27-9-11-28(12-10-27)24(29)23-8-6-20(31-23)16-30-22-7-5-19(25)14-21(22)26/h2-8,13-14H,9-12,15-16H2,1H3. The Labute approximate surface area is 195 Å². The summed E-state index contributed by atoms with van der Waals surface area (Å²) in [6.07, 6.45) is 0. The van der Waals surface area contributed by atoms with Gasteiger partial charge in [0, 0.05) is 37.2 Å². The van der Waals surface area contributed by atoms with E-state index >= 15 is 0 Å². The Kier molecular flexibility index (Phi) is 7.00. The summed E-state index contributed by atoms with van der Waals surface area (Å²) in [5.41, 5.74) is 2.58. The van der Waals surface area contributed by atoms with Gasteiger partial charge in [-0.1, -0.05) is 57.4 Å². The molecule has 0 radical (unpaired) electrons. The molecular formula is C24H24BrClN2O3. The van der Waals surface area contributed by atoms with Crippen LogP contribution in [0.3, 0.4) is 0 Å². The molecule has 0 saturated carbocycles. The lowest BCUT2D eigenvalue weighted by molar-refractivity contribution is 0.0594. The Bertz CT molecular complexity index is 1060. The Hall–Kier alpha value is -2.28. The van der Waals surface area contributed by atoms with Crippen molar-refractivity contribution in [3.8, 4) is 5.75 Å². The highest BCUT2D eigenvalue weighted by molar-refractivity contribution is 9.10. The fourth-order valence-electron chi connectivity index (χ4n) is 3.65. The van der Waals surface area contributed by atoms with Gasteiger partial charge in [-0.2, -0.15) is 0 Å². The van der Waals surface area contributed by atoms with Crippen LogP contribution < -0.4 is 4.74 Å². The van der Waals surface area contributed by atoms with Gasteiger partial charge in [0.2, 0.25) is 0 Å². The summed E-state index contributed by atoms with van der Waals surface area (Å²) < 4.78 is 12.3. The fraction of sp³-hybridized carbons (Fsp3) is 0.292. The van der Waals surface area contributed by atoms with Crippen LogP contribution in [0.5, 0.6) is 5.75 Å². The second-order valence-electron chi connectivity index (χ2n) is 7.69. The number of amides is 1. The first-order valence-electron chi connectivity index (χ1n) is 10.2. The Morgan fingerprint density at radius 2 is 1.90 bits per heavy atom. The van der Waals surface area contributed by atoms with Crippen molar-refractivity contribution in [2.75, 3.05) is 26.2 Å². The first kappa shape index (κ1) is 21.9. The molecule has 1 aromatic heterocycles. The van der Waals surface area contributed by atoms with E-state index in [9.17, 15) is 4.79 Å². The summed E-state index contributed by atoms with van der Waals surface area (Å²) in [7, 11) is 0. The lowest BCUT2D eigenvalue weighted by atomic mass is 10.1. The summed E-state index contributed by atoms with van der Waals surface area (Å²) in [6, 6.07) is 17.5. The molecular weight excluding hydrogens is 480 g/mol. The zero-order valence-corrected chi connectivity index (χ0v) is 19.7. The molecule has 1 aliphatic rings. The molecule has 162 valence electrons. The fourth-order valence-corrected chi connectivity index (χ4v) is 4.37. The lowest BCUT2D eigenvalue weighted by Gasteiger charge is -2.34. The van der Waals surface area contributed by atoms with Crippen LogP contribution in [0, 0.1) is 6.92 Å². The highest BCUT2D eigenvalue weighted by atomic mass is 79.9. The van der Waals surface area contributed by atoms with Crippen LogP contribution >= 0.6 is 27.5 Å². The topological polar surface area (TPSA) is 45.9 Å². The number of carbonyl (C=O) groups is 1. The number of rotatable bonds is 6. The maximum Gasteiger partial charge on any atom is 0.289 e. The zero-order valence-electron chi connectivity index (χ0n) is 17.3. The maximum absolute atomic E-state index is 12.8. The third-order valence-corrected chi connectivity index (χ3v) is 6.07. The minimum absolute atomic E-state index is 0.0804. The third kappa shape index (κ3) is 5.70. The highest BCUT2D eigenvalue weighted by Gasteiger charge is 2.24. The van der Waals surface area contributed by atoms with Crippen LogP contribution in [-0.2, 0) is 13.2 Å². The lowest BCUT2D eigenvalue weighted by Crippen LogP contribution is -2.48. The summed E-state index contributed by atoms with van der Waals surface area (Å²) in [5.74, 6) is 1.41. The molecule has 0 aliphatic carbocycles. The quantitative estimate of drug-likeness (QED) is 0.443. The number of benzene rings is 2. The van der Waals surface area contributed by atoms with Crippen LogP contribution in [0.4, 0.5) is 0 Å². The van der Waals surface area contributed by atoms with Gasteiger partial charge in [-0.3, -0.25) is 9.69 Å². The van der Waals surface area contributed by atoms with Gasteiger partial charge < -0.3 is 14.1 Å². The minimum Gasteiger partial charge on any atom is -0.484 e. The van der Waals surface area contributed by atoms with Gasteiger partial charge in [0.15, 0.2) is 5.76 Å². The van der Waals surface area contributed by atoms with Crippen molar-refractivity contribution in [2.45, 2.75) is 20.1 Å². The molecule has 31 heavy (non-hydrogen) atoms. The van der Waals surface area contributed by atoms with Gasteiger partial charge in [0.25, 0.3) is 5.91 Å². The largest absolute Gasteiger partial charge is 0.484 e. The maximum atomic E-state index is 12.8.